The van der Waals surface area contributed by atoms with E-state index in [1.54, 1.807) is 0 Å². The van der Waals surface area contributed by atoms with E-state index in [0.717, 1.165) is 16.6 Å². The van der Waals surface area contributed by atoms with E-state index in [0.29, 0.717) is 5.82 Å². The van der Waals surface area contributed by atoms with Gasteiger partial charge in [0, 0.05) is 7.05 Å². The number of aryl methyl sites for hydroxylation is 1. The SMILES string of the molecule is Cc1ccc2c(c1)nc(C(C)Cl)n2C1CC(=O)N(C)C1=O. The highest BCUT2D eigenvalue weighted by Gasteiger charge is 2.39. The van der Waals surface area contributed by atoms with Crippen LogP contribution in [0.3, 0.4) is 0 Å². The highest BCUT2D eigenvalue weighted by molar-refractivity contribution is 6.20. The van der Waals surface area contributed by atoms with Crippen LogP contribution in [0.4, 0.5) is 0 Å². The first-order valence-corrected chi connectivity index (χ1v) is 7.26. The maximum Gasteiger partial charge on any atom is 0.252 e. The number of aromatic nitrogens is 2. The molecule has 1 aliphatic rings. The number of amides is 2. The fraction of sp³-hybridized carbons (Fsp3) is 0.400. The number of likely N-dealkylation sites (tertiary alicyclic amines) is 1. The summed E-state index contributed by atoms with van der Waals surface area (Å²) in [5.74, 6) is 0.240. The third-order valence-electron chi connectivity index (χ3n) is 3.90. The third kappa shape index (κ3) is 2.12. The number of imidazole rings is 1. The van der Waals surface area contributed by atoms with Gasteiger partial charge in [-0.2, -0.15) is 0 Å². The van der Waals surface area contributed by atoms with Crippen LogP contribution in [0.25, 0.3) is 11.0 Å². The van der Waals surface area contributed by atoms with Crippen molar-refractivity contribution in [3.8, 4) is 0 Å². The highest BCUT2D eigenvalue weighted by Crippen LogP contribution is 2.33. The normalized spacial score (nSPS) is 20.6. The quantitative estimate of drug-likeness (QED) is 0.633. The van der Waals surface area contributed by atoms with Crippen molar-refractivity contribution in [1.82, 2.24) is 14.5 Å². The molecule has 0 saturated carbocycles. The van der Waals surface area contributed by atoms with Crippen LogP contribution in [0, 0.1) is 6.92 Å². The molecule has 1 fully saturated rings. The van der Waals surface area contributed by atoms with E-state index in [2.05, 4.69) is 4.98 Å². The van der Waals surface area contributed by atoms with Gasteiger partial charge in [0.25, 0.3) is 5.91 Å². The second kappa shape index (κ2) is 4.84. The minimum Gasteiger partial charge on any atom is -0.314 e. The van der Waals surface area contributed by atoms with Crippen molar-refractivity contribution in [2.45, 2.75) is 31.7 Å². The molecule has 0 N–H and O–H groups in total. The number of hydrogen-bond acceptors (Lipinski definition) is 3. The van der Waals surface area contributed by atoms with Gasteiger partial charge in [-0.15, -0.1) is 11.6 Å². The Labute approximate surface area is 127 Å². The Balaban J connectivity index is 2.23. The number of benzene rings is 1. The summed E-state index contributed by atoms with van der Waals surface area (Å²) in [6.07, 6.45) is 0.158. The number of likely N-dealkylation sites (N-methyl/N-ethyl adjacent to an activating group) is 1. The van der Waals surface area contributed by atoms with Gasteiger partial charge in [0.1, 0.15) is 11.9 Å². The number of carbonyl (C=O) groups excluding carboxylic acids is 2. The van der Waals surface area contributed by atoms with Crippen molar-refractivity contribution in [3.05, 3.63) is 29.6 Å². The molecule has 0 aliphatic carbocycles. The van der Waals surface area contributed by atoms with Gasteiger partial charge in [-0.1, -0.05) is 6.07 Å². The van der Waals surface area contributed by atoms with Crippen LogP contribution >= 0.6 is 11.6 Å². The molecular weight excluding hydrogens is 290 g/mol. The lowest BCUT2D eigenvalue weighted by Gasteiger charge is -2.16. The van der Waals surface area contributed by atoms with Crippen LogP contribution in [0.2, 0.25) is 0 Å². The molecule has 0 radical (unpaired) electrons. The van der Waals surface area contributed by atoms with Crippen LogP contribution in [0.15, 0.2) is 18.2 Å². The Morgan fingerprint density at radius 3 is 2.67 bits per heavy atom. The molecule has 0 bridgehead atoms. The van der Waals surface area contributed by atoms with E-state index in [-0.39, 0.29) is 23.6 Å². The monoisotopic (exact) mass is 305 g/mol. The average Bonchev–Trinajstić information content (AvgIpc) is 2.91. The number of carbonyl (C=O) groups is 2. The van der Waals surface area contributed by atoms with Gasteiger partial charge in [0.05, 0.1) is 22.8 Å². The van der Waals surface area contributed by atoms with Crippen molar-refractivity contribution >= 4 is 34.4 Å². The molecule has 0 spiro atoms. The molecule has 5 nitrogen and oxygen atoms in total. The van der Waals surface area contributed by atoms with Gasteiger partial charge >= 0.3 is 0 Å². The lowest BCUT2D eigenvalue weighted by atomic mass is 10.2. The number of nitrogens with zero attached hydrogens (tertiary/aromatic N) is 3. The van der Waals surface area contributed by atoms with E-state index in [9.17, 15) is 9.59 Å². The van der Waals surface area contributed by atoms with E-state index in [1.807, 2.05) is 36.6 Å². The smallest absolute Gasteiger partial charge is 0.252 e. The van der Waals surface area contributed by atoms with Crippen LogP contribution in [0.1, 0.15) is 36.2 Å². The molecule has 6 heteroatoms. The molecule has 1 aliphatic heterocycles. The topological polar surface area (TPSA) is 55.2 Å². The largest absolute Gasteiger partial charge is 0.314 e. The zero-order valence-corrected chi connectivity index (χ0v) is 12.9. The summed E-state index contributed by atoms with van der Waals surface area (Å²) in [7, 11) is 1.51. The lowest BCUT2D eigenvalue weighted by molar-refractivity contribution is -0.137. The minimum atomic E-state index is -0.550. The second-order valence-electron chi connectivity index (χ2n) is 5.46. The van der Waals surface area contributed by atoms with Gasteiger partial charge in [-0.3, -0.25) is 14.5 Å². The highest BCUT2D eigenvalue weighted by atomic mass is 35.5. The van der Waals surface area contributed by atoms with Gasteiger partial charge < -0.3 is 4.57 Å². The molecular formula is C15H16ClN3O2. The Morgan fingerprint density at radius 2 is 2.10 bits per heavy atom. The Hall–Kier alpha value is -1.88. The van der Waals surface area contributed by atoms with E-state index < -0.39 is 6.04 Å². The summed E-state index contributed by atoms with van der Waals surface area (Å²) in [5.41, 5.74) is 2.73. The standard InChI is InChI=1S/C15H16ClN3O2/c1-8-4-5-11-10(6-8)17-14(9(2)16)19(11)12-7-13(20)18(3)15(12)21/h4-6,9,12H,7H2,1-3H3. The molecule has 21 heavy (non-hydrogen) atoms. The van der Waals surface area contributed by atoms with Crippen LogP contribution in [-0.4, -0.2) is 33.3 Å². The average molecular weight is 306 g/mol. The fourth-order valence-corrected chi connectivity index (χ4v) is 2.93. The predicted molar refractivity (Wildman–Crippen MR) is 80.2 cm³/mol. The number of rotatable bonds is 2. The summed E-state index contributed by atoms with van der Waals surface area (Å²) in [5, 5.41) is -0.341. The maximum atomic E-state index is 12.3. The molecule has 2 atom stereocenters. The third-order valence-corrected chi connectivity index (χ3v) is 4.09. The molecule has 1 aromatic carbocycles. The number of hydrogen-bond donors (Lipinski definition) is 0. The van der Waals surface area contributed by atoms with Crippen LogP contribution in [0.5, 0.6) is 0 Å². The Bertz CT molecular complexity index is 751. The van der Waals surface area contributed by atoms with E-state index in [1.165, 1.54) is 11.9 Å². The maximum absolute atomic E-state index is 12.3. The molecule has 3 rings (SSSR count). The molecule has 2 unspecified atom stereocenters. The Morgan fingerprint density at radius 1 is 1.38 bits per heavy atom. The number of imide groups is 1. The molecule has 2 amide bonds. The summed E-state index contributed by atoms with van der Waals surface area (Å²) in [6, 6.07) is 5.30. The molecule has 1 aromatic heterocycles. The zero-order valence-electron chi connectivity index (χ0n) is 12.1. The first-order chi connectivity index (χ1) is 9.90. The molecule has 110 valence electrons. The molecule has 1 saturated heterocycles. The summed E-state index contributed by atoms with van der Waals surface area (Å²) in [4.78, 5) is 29.8. The summed E-state index contributed by atoms with van der Waals surface area (Å²) in [6.45, 7) is 3.80. The molecule has 2 heterocycles. The van der Waals surface area contributed by atoms with Gasteiger partial charge in [-0.25, -0.2) is 4.98 Å². The van der Waals surface area contributed by atoms with Crippen molar-refractivity contribution < 1.29 is 9.59 Å². The van der Waals surface area contributed by atoms with Crippen molar-refractivity contribution in [3.63, 3.8) is 0 Å². The number of halogens is 1. The van der Waals surface area contributed by atoms with Crippen LogP contribution < -0.4 is 0 Å². The first kappa shape index (κ1) is 14.1. The van der Waals surface area contributed by atoms with Crippen molar-refractivity contribution in [2.24, 2.45) is 0 Å². The first-order valence-electron chi connectivity index (χ1n) is 6.83. The Kier molecular flexibility index (Phi) is 3.24. The van der Waals surface area contributed by atoms with Gasteiger partial charge in [-0.05, 0) is 31.5 Å². The van der Waals surface area contributed by atoms with Crippen molar-refractivity contribution in [1.29, 1.82) is 0 Å². The fourth-order valence-electron chi connectivity index (χ4n) is 2.77. The molecule has 2 aromatic rings. The van der Waals surface area contributed by atoms with Crippen LogP contribution in [-0.2, 0) is 9.59 Å². The minimum absolute atomic E-state index is 0.158. The predicted octanol–water partition coefficient (Wildman–Crippen LogP) is 2.57. The van der Waals surface area contributed by atoms with Gasteiger partial charge in [0.15, 0.2) is 0 Å². The number of alkyl halides is 1. The summed E-state index contributed by atoms with van der Waals surface area (Å²) < 4.78 is 1.82. The summed E-state index contributed by atoms with van der Waals surface area (Å²) >= 11 is 6.23. The lowest BCUT2D eigenvalue weighted by Crippen LogP contribution is -2.27. The number of fused-ring (bicyclic) bond motifs is 1. The van der Waals surface area contributed by atoms with Gasteiger partial charge in [0.2, 0.25) is 5.91 Å². The van der Waals surface area contributed by atoms with Crippen molar-refractivity contribution in [2.75, 3.05) is 7.05 Å². The van der Waals surface area contributed by atoms with E-state index >= 15 is 0 Å². The zero-order chi connectivity index (χ0) is 15.3. The van der Waals surface area contributed by atoms with E-state index in [4.69, 9.17) is 11.6 Å². The second-order valence-corrected chi connectivity index (χ2v) is 6.11.